The molecule has 1 aromatic carbocycles. The second-order valence-corrected chi connectivity index (χ2v) is 4.44. The molecule has 2 rings (SSSR count). The molecule has 0 heterocycles. The van der Waals surface area contributed by atoms with Crippen LogP contribution in [0.3, 0.4) is 0 Å². The molecule has 2 nitrogen and oxygen atoms in total. The first-order valence-electron chi connectivity index (χ1n) is 6.32. The Morgan fingerprint density at radius 1 is 0.938 bits per heavy atom. The van der Waals surface area contributed by atoms with E-state index < -0.39 is 0 Å². The summed E-state index contributed by atoms with van der Waals surface area (Å²) < 4.78 is 0. The van der Waals surface area contributed by atoms with E-state index in [1.165, 1.54) is 44.1 Å². The van der Waals surface area contributed by atoms with E-state index in [0.29, 0.717) is 12.6 Å². The van der Waals surface area contributed by atoms with Crippen LogP contribution in [0.4, 0.5) is 0 Å². The van der Waals surface area contributed by atoms with Crippen LogP contribution < -0.4 is 11.5 Å². The quantitative estimate of drug-likeness (QED) is 0.715. The van der Waals surface area contributed by atoms with Gasteiger partial charge in [-0.15, -0.1) is 0 Å². The summed E-state index contributed by atoms with van der Waals surface area (Å²) in [6.45, 7) is 0.640. The van der Waals surface area contributed by atoms with Crippen LogP contribution in [0.15, 0.2) is 30.3 Å². The third-order valence-corrected chi connectivity index (χ3v) is 2.98. The highest BCUT2D eigenvalue weighted by atomic mass is 14.6. The van der Waals surface area contributed by atoms with Gasteiger partial charge in [0.05, 0.1) is 0 Å². The Morgan fingerprint density at radius 2 is 1.50 bits per heavy atom. The monoisotopic (exact) mass is 220 g/mol. The van der Waals surface area contributed by atoms with Crippen molar-refractivity contribution in [3.05, 3.63) is 35.9 Å². The van der Waals surface area contributed by atoms with Crippen LogP contribution in [-0.4, -0.2) is 6.04 Å². The van der Waals surface area contributed by atoms with Crippen molar-refractivity contribution >= 4 is 0 Å². The molecule has 0 bridgehead atoms. The molecule has 0 unspecified atom stereocenters. The fourth-order valence-electron chi connectivity index (χ4n) is 1.93. The van der Waals surface area contributed by atoms with Gasteiger partial charge in [0.25, 0.3) is 0 Å². The maximum atomic E-state index is 5.73. The van der Waals surface area contributed by atoms with Gasteiger partial charge in [-0.1, -0.05) is 56.0 Å². The molecule has 2 heteroatoms. The Bertz CT molecular complexity index is 251. The molecule has 0 spiro atoms. The summed E-state index contributed by atoms with van der Waals surface area (Å²) in [5, 5.41) is 0. The van der Waals surface area contributed by atoms with E-state index in [9.17, 15) is 0 Å². The highest BCUT2D eigenvalue weighted by Gasteiger charge is 2.05. The molecule has 0 aliphatic heterocycles. The minimum Gasteiger partial charge on any atom is -0.328 e. The number of hydrogen-bond donors (Lipinski definition) is 2. The largest absolute Gasteiger partial charge is 0.328 e. The lowest BCUT2D eigenvalue weighted by Gasteiger charge is -2.03. The summed E-state index contributed by atoms with van der Waals surface area (Å²) in [5.74, 6) is 0. The van der Waals surface area contributed by atoms with Gasteiger partial charge in [-0.05, 0) is 18.4 Å². The summed E-state index contributed by atoms with van der Waals surface area (Å²) >= 11 is 0. The highest BCUT2D eigenvalue weighted by molar-refractivity contribution is 5.13. The number of benzene rings is 1. The topological polar surface area (TPSA) is 52.0 Å². The van der Waals surface area contributed by atoms with Crippen molar-refractivity contribution in [3.63, 3.8) is 0 Å². The summed E-state index contributed by atoms with van der Waals surface area (Å²) in [7, 11) is 0. The molecule has 0 amide bonds. The fourth-order valence-corrected chi connectivity index (χ4v) is 1.93. The molecule has 1 aliphatic rings. The van der Waals surface area contributed by atoms with Crippen LogP contribution in [-0.2, 0) is 6.54 Å². The minimum absolute atomic E-state index is 0.525. The molecule has 0 saturated heterocycles. The van der Waals surface area contributed by atoms with Gasteiger partial charge in [0, 0.05) is 12.6 Å². The summed E-state index contributed by atoms with van der Waals surface area (Å²) in [6, 6.07) is 10.5. The lowest BCUT2D eigenvalue weighted by Crippen LogP contribution is -2.17. The predicted molar refractivity (Wildman–Crippen MR) is 70.0 cm³/mol. The maximum absolute atomic E-state index is 5.73. The zero-order valence-corrected chi connectivity index (χ0v) is 10.1. The van der Waals surface area contributed by atoms with Crippen molar-refractivity contribution in [2.45, 2.75) is 51.1 Å². The molecule has 1 aliphatic carbocycles. The van der Waals surface area contributed by atoms with Crippen molar-refractivity contribution in [2.75, 3.05) is 0 Å². The molecule has 0 radical (unpaired) electrons. The Labute approximate surface area is 99.0 Å². The van der Waals surface area contributed by atoms with Crippen LogP contribution >= 0.6 is 0 Å². The summed E-state index contributed by atoms with van der Waals surface area (Å²) in [4.78, 5) is 0. The normalized spacial score (nSPS) is 17.1. The molecule has 1 saturated carbocycles. The minimum atomic E-state index is 0.525. The van der Waals surface area contributed by atoms with Gasteiger partial charge in [-0.25, -0.2) is 0 Å². The van der Waals surface area contributed by atoms with Crippen molar-refractivity contribution in [1.82, 2.24) is 0 Å². The van der Waals surface area contributed by atoms with Crippen LogP contribution in [0.2, 0.25) is 0 Å². The second-order valence-electron chi connectivity index (χ2n) is 4.44. The average molecular weight is 220 g/mol. The Balaban J connectivity index is 0.000000160. The predicted octanol–water partition coefficient (Wildman–Crippen LogP) is 2.81. The molecule has 1 fully saturated rings. The molecular weight excluding hydrogens is 196 g/mol. The van der Waals surface area contributed by atoms with Crippen molar-refractivity contribution in [3.8, 4) is 0 Å². The lowest BCUT2D eigenvalue weighted by molar-refractivity contribution is 0.583. The van der Waals surface area contributed by atoms with Crippen LogP contribution in [0.1, 0.15) is 44.1 Å². The lowest BCUT2D eigenvalue weighted by atomic mass is 10.1. The molecule has 90 valence electrons. The zero-order chi connectivity index (χ0) is 11.6. The first kappa shape index (κ1) is 13.2. The van der Waals surface area contributed by atoms with E-state index in [4.69, 9.17) is 11.5 Å². The van der Waals surface area contributed by atoms with Crippen molar-refractivity contribution in [2.24, 2.45) is 11.5 Å². The van der Waals surface area contributed by atoms with Gasteiger partial charge in [-0.2, -0.15) is 0 Å². The van der Waals surface area contributed by atoms with Crippen LogP contribution in [0.25, 0.3) is 0 Å². The van der Waals surface area contributed by atoms with Gasteiger partial charge in [0.1, 0.15) is 0 Å². The molecule has 16 heavy (non-hydrogen) atoms. The molecule has 0 aromatic heterocycles. The molecule has 0 atom stereocenters. The highest BCUT2D eigenvalue weighted by Crippen LogP contribution is 2.14. The van der Waals surface area contributed by atoms with Crippen LogP contribution in [0.5, 0.6) is 0 Å². The molecule has 4 N–H and O–H groups in total. The van der Waals surface area contributed by atoms with Crippen molar-refractivity contribution < 1.29 is 0 Å². The first-order chi connectivity index (χ1) is 7.83. The Morgan fingerprint density at radius 3 is 1.94 bits per heavy atom. The number of nitrogens with two attached hydrogens (primary N) is 2. The van der Waals surface area contributed by atoms with Crippen LogP contribution in [0, 0.1) is 0 Å². The Kier molecular flexibility index (Phi) is 6.86. The summed E-state index contributed by atoms with van der Waals surface area (Å²) in [5.41, 5.74) is 12.3. The molecule has 1 aromatic rings. The third kappa shape index (κ3) is 5.89. The van der Waals surface area contributed by atoms with Crippen molar-refractivity contribution in [1.29, 1.82) is 0 Å². The maximum Gasteiger partial charge on any atom is 0.0178 e. The first-order valence-corrected chi connectivity index (χ1v) is 6.32. The number of hydrogen-bond acceptors (Lipinski definition) is 2. The third-order valence-electron chi connectivity index (χ3n) is 2.98. The SMILES string of the molecule is NC1CCCCCC1.NCc1ccccc1. The standard InChI is InChI=1S/C7H9N.C7H15N/c8-6-7-4-2-1-3-5-7;8-7-5-3-1-2-4-6-7/h1-5H,6,8H2;7H,1-6,8H2. The average Bonchev–Trinajstić information content (AvgIpc) is 2.59. The van der Waals surface area contributed by atoms with E-state index in [-0.39, 0.29) is 0 Å². The smallest absolute Gasteiger partial charge is 0.0178 e. The molecular formula is C14H24N2. The number of rotatable bonds is 1. The second kappa shape index (κ2) is 8.31. The van der Waals surface area contributed by atoms with Gasteiger partial charge in [0.2, 0.25) is 0 Å². The summed E-state index contributed by atoms with van der Waals surface area (Å²) in [6.07, 6.45) is 8.07. The Hall–Kier alpha value is -0.860. The van der Waals surface area contributed by atoms with Gasteiger partial charge in [-0.3, -0.25) is 0 Å². The van der Waals surface area contributed by atoms with E-state index in [2.05, 4.69) is 0 Å². The van der Waals surface area contributed by atoms with Gasteiger partial charge >= 0.3 is 0 Å². The van der Waals surface area contributed by atoms with E-state index in [0.717, 1.165) is 0 Å². The van der Waals surface area contributed by atoms with E-state index in [1.807, 2.05) is 30.3 Å². The zero-order valence-electron chi connectivity index (χ0n) is 10.1. The van der Waals surface area contributed by atoms with E-state index in [1.54, 1.807) is 0 Å². The van der Waals surface area contributed by atoms with Gasteiger partial charge in [0.15, 0.2) is 0 Å². The van der Waals surface area contributed by atoms with Gasteiger partial charge < -0.3 is 11.5 Å². The van der Waals surface area contributed by atoms with E-state index >= 15 is 0 Å². The fraction of sp³-hybridized carbons (Fsp3) is 0.571.